The highest BCUT2D eigenvalue weighted by atomic mass is 19.4. The number of para-hydroxylation sites is 1. The normalized spacial score (nSPS) is 11.9. The van der Waals surface area contributed by atoms with Crippen molar-refractivity contribution in [2.75, 3.05) is 19.8 Å². The van der Waals surface area contributed by atoms with Crippen LogP contribution in [0.2, 0.25) is 0 Å². The molecular weight excluding hydrogens is 287 g/mol. The van der Waals surface area contributed by atoms with Crippen LogP contribution in [0.3, 0.4) is 0 Å². The molecule has 0 radical (unpaired) electrons. The first-order valence-electron chi connectivity index (χ1n) is 6.73. The molecule has 0 saturated carbocycles. The van der Waals surface area contributed by atoms with Gasteiger partial charge in [-0.05, 0) is 19.9 Å². The van der Waals surface area contributed by atoms with Crippen LogP contribution in [0.15, 0.2) is 24.3 Å². The van der Waals surface area contributed by atoms with Gasteiger partial charge in [-0.1, -0.05) is 18.2 Å². The maximum atomic E-state index is 12.3. The minimum Gasteiger partial charge on any atom is -0.405 e. The monoisotopic (exact) mass is 307 g/mol. The van der Waals surface area contributed by atoms with Gasteiger partial charge in [-0.2, -0.15) is 0 Å². The first kappa shape index (κ1) is 17.7. The number of nitrogens with one attached hydrogen (secondary N) is 1. The van der Waals surface area contributed by atoms with Gasteiger partial charge in [0.25, 0.3) is 0 Å². The van der Waals surface area contributed by atoms with E-state index in [-0.39, 0.29) is 12.3 Å². The molecule has 1 aromatic rings. The number of halogens is 3. The summed E-state index contributed by atoms with van der Waals surface area (Å²) in [6.07, 6.45) is -5.12. The Bertz CT molecular complexity index is 407. The molecule has 0 atom stereocenters. The minimum absolute atomic E-state index is 0.207. The van der Waals surface area contributed by atoms with E-state index in [2.05, 4.69) is 10.1 Å². The van der Waals surface area contributed by atoms with E-state index in [4.69, 9.17) is 9.47 Å². The molecule has 0 fully saturated rings. The highest BCUT2D eigenvalue weighted by Crippen LogP contribution is 2.26. The standard InChI is InChI=1S/C14H20F3NO3/c1-3-19-13(20-4-2)10-18-9-11-7-5-6-8-12(11)21-14(15,16)17/h5-8,13,18H,3-4,9-10H2,1-2H3. The van der Waals surface area contributed by atoms with Crippen LogP contribution >= 0.6 is 0 Å². The van der Waals surface area contributed by atoms with Gasteiger partial charge in [-0.15, -0.1) is 13.2 Å². The van der Waals surface area contributed by atoms with Crippen molar-refractivity contribution in [3.63, 3.8) is 0 Å². The Morgan fingerprint density at radius 1 is 1.10 bits per heavy atom. The Balaban J connectivity index is 2.54. The second kappa shape index (κ2) is 8.86. The largest absolute Gasteiger partial charge is 0.573 e. The summed E-state index contributed by atoms with van der Waals surface area (Å²) in [6.45, 7) is 5.29. The predicted octanol–water partition coefficient (Wildman–Crippen LogP) is 3.07. The molecule has 0 aromatic heterocycles. The molecule has 21 heavy (non-hydrogen) atoms. The molecular formula is C14H20F3NO3. The summed E-state index contributed by atoms with van der Waals surface area (Å²) in [7, 11) is 0. The van der Waals surface area contributed by atoms with Gasteiger partial charge in [0.05, 0.1) is 0 Å². The smallest absolute Gasteiger partial charge is 0.405 e. The molecule has 0 aliphatic carbocycles. The Morgan fingerprint density at radius 2 is 1.71 bits per heavy atom. The second-order valence-electron chi connectivity index (χ2n) is 4.13. The molecule has 0 aliphatic heterocycles. The highest BCUT2D eigenvalue weighted by Gasteiger charge is 2.31. The predicted molar refractivity (Wildman–Crippen MR) is 71.9 cm³/mol. The molecule has 0 spiro atoms. The molecule has 7 heteroatoms. The van der Waals surface area contributed by atoms with Crippen molar-refractivity contribution in [1.82, 2.24) is 5.32 Å². The van der Waals surface area contributed by atoms with Crippen LogP contribution in [0.25, 0.3) is 0 Å². The number of hydrogen-bond donors (Lipinski definition) is 1. The zero-order valence-electron chi connectivity index (χ0n) is 12.1. The van der Waals surface area contributed by atoms with Crippen molar-refractivity contribution in [2.45, 2.75) is 33.0 Å². The first-order chi connectivity index (χ1) is 9.96. The van der Waals surface area contributed by atoms with Gasteiger partial charge in [0.2, 0.25) is 0 Å². The lowest BCUT2D eigenvalue weighted by Crippen LogP contribution is -2.31. The van der Waals surface area contributed by atoms with Crippen LogP contribution in [0.5, 0.6) is 5.75 Å². The summed E-state index contributed by atoms with van der Waals surface area (Å²) in [5.74, 6) is -0.207. The fourth-order valence-electron chi connectivity index (χ4n) is 1.74. The summed E-state index contributed by atoms with van der Waals surface area (Å²) in [5.41, 5.74) is 0.418. The Hall–Kier alpha value is -1.31. The first-order valence-corrected chi connectivity index (χ1v) is 6.73. The Kier molecular flexibility index (Phi) is 7.49. The lowest BCUT2D eigenvalue weighted by Gasteiger charge is -2.18. The second-order valence-corrected chi connectivity index (χ2v) is 4.13. The molecule has 0 saturated heterocycles. The molecule has 1 rings (SSSR count). The van der Waals surface area contributed by atoms with Crippen LogP contribution in [-0.2, 0) is 16.0 Å². The number of alkyl halides is 3. The van der Waals surface area contributed by atoms with Crippen LogP contribution in [0.1, 0.15) is 19.4 Å². The average Bonchev–Trinajstić information content (AvgIpc) is 2.39. The Labute approximate surface area is 122 Å². The molecule has 1 aromatic carbocycles. The van der Waals surface area contributed by atoms with E-state index in [0.29, 0.717) is 25.3 Å². The van der Waals surface area contributed by atoms with Crippen LogP contribution < -0.4 is 10.1 Å². The SMILES string of the molecule is CCOC(CNCc1ccccc1OC(F)(F)F)OCC. The van der Waals surface area contributed by atoms with Crippen LogP contribution in [0, 0.1) is 0 Å². The summed E-state index contributed by atoms with van der Waals surface area (Å²) >= 11 is 0. The molecule has 0 amide bonds. The molecule has 0 aliphatic rings. The van der Waals surface area contributed by atoms with Crippen molar-refractivity contribution in [2.24, 2.45) is 0 Å². The van der Waals surface area contributed by atoms with Crippen molar-refractivity contribution in [3.8, 4) is 5.75 Å². The molecule has 4 nitrogen and oxygen atoms in total. The molecule has 1 N–H and O–H groups in total. The summed E-state index contributed by atoms with van der Waals surface area (Å²) < 4.78 is 51.5. The quantitative estimate of drug-likeness (QED) is 0.712. The fourth-order valence-corrected chi connectivity index (χ4v) is 1.74. The third kappa shape index (κ3) is 7.31. The van der Waals surface area contributed by atoms with Gasteiger partial charge in [0, 0.05) is 31.9 Å². The van der Waals surface area contributed by atoms with E-state index in [1.54, 1.807) is 12.1 Å². The van der Waals surface area contributed by atoms with Gasteiger partial charge in [0.15, 0.2) is 6.29 Å². The number of benzene rings is 1. The molecule has 0 bridgehead atoms. The highest BCUT2D eigenvalue weighted by molar-refractivity contribution is 5.33. The third-order valence-corrected chi connectivity index (χ3v) is 2.53. The van der Waals surface area contributed by atoms with E-state index in [0.717, 1.165) is 0 Å². The van der Waals surface area contributed by atoms with Crippen molar-refractivity contribution < 1.29 is 27.4 Å². The van der Waals surface area contributed by atoms with Gasteiger partial charge < -0.3 is 19.5 Å². The number of hydrogen-bond acceptors (Lipinski definition) is 4. The van der Waals surface area contributed by atoms with Gasteiger partial charge in [0.1, 0.15) is 5.75 Å². The zero-order chi connectivity index (χ0) is 15.7. The third-order valence-electron chi connectivity index (χ3n) is 2.53. The zero-order valence-corrected chi connectivity index (χ0v) is 12.1. The van der Waals surface area contributed by atoms with Crippen molar-refractivity contribution in [1.29, 1.82) is 0 Å². The summed E-state index contributed by atoms with van der Waals surface area (Å²) in [4.78, 5) is 0. The average molecular weight is 307 g/mol. The minimum atomic E-state index is -4.70. The summed E-state index contributed by atoms with van der Waals surface area (Å²) in [5, 5.41) is 3.00. The van der Waals surface area contributed by atoms with E-state index < -0.39 is 12.7 Å². The molecule has 120 valence electrons. The van der Waals surface area contributed by atoms with E-state index in [1.165, 1.54) is 12.1 Å². The van der Waals surface area contributed by atoms with Gasteiger partial charge in [-0.25, -0.2) is 0 Å². The van der Waals surface area contributed by atoms with Gasteiger partial charge in [-0.3, -0.25) is 0 Å². The Morgan fingerprint density at radius 3 is 2.29 bits per heavy atom. The van der Waals surface area contributed by atoms with E-state index in [1.807, 2.05) is 13.8 Å². The fraction of sp³-hybridized carbons (Fsp3) is 0.571. The maximum Gasteiger partial charge on any atom is 0.573 e. The topological polar surface area (TPSA) is 39.7 Å². The number of ether oxygens (including phenoxy) is 3. The van der Waals surface area contributed by atoms with E-state index >= 15 is 0 Å². The lowest BCUT2D eigenvalue weighted by atomic mass is 10.2. The molecule has 0 unspecified atom stereocenters. The van der Waals surface area contributed by atoms with Crippen molar-refractivity contribution in [3.05, 3.63) is 29.8 Å². The van der Waals surface area contributed by atoms with Crippen LogP contribution in [0.4, 0.5) is 13.2 Å². The molecule has 0 heterocycles. The van der Waals surface area contributed by atoms with E-state index in [9.17, 15) is 13.2 Å². The van der Waals surface area contributed by atoms with Crippen LogP contribution in [-0.4, -0.2) is 32.4 Å². The number of rotatable bonds is 9. The van der Waals surface area contributed by atoms with Gasteiger partial charge >= 0.3 is 6.36 Å². The summed E-state index contributed by atoms with van der Waals surface area (Å²) in [6, 6.07) is 6.01. The lowest BCUT2D eigenvalue weighted by molar-refractivity contribution is -0.274. The maximum absolute atomic E-state index is 12.3. The van der Waals surface area contributed by atoms with Crippen molar-refractivity contribution >= 4 is 0 Å².